The van der Waals surface area contributed by atoms with E-state index < -0.39 is 18.3 Å². The second-order valence-corrected chi connectivity index (χ2v) is 9.36. The average Bonchev–Trinajstić information content (AvgIpc) is 3.43. The van der Waals surface area contributed by atoms with Crippen LogP contribution in [0.1, 0.15) is 5.69 Å². The number of thioether (sulfide) groups is 1. The molecule has 11 nitrogen and oxygen atoms in total. The van der Waals surface area contributed by atoms with Crippen LogP contribution in [0.4, 0.5) is 5.69 Å². The molecule has 2 saturated heterocycles. The SMILES string of the molecule is COc1ccc(-c2cn3c(=O)c(N=C(N)SC)c(CC4OC5COPOC5C4O)[nH]c3n2)cc1. The van der Waals surface area contributed by atoms with Gasteiger partial charge in [-0.15, -0.1) is 0 Å². The van der Waals surface area contributed by atoms with Crippen LogP contribution in [-0.2, 0) is 20.2 Å². The first kappa shape index (κ1) is 23.3. The Bertz CT molecular complexity index is 1280. The highest BCUT2D eigenvalue weighted by Gasteiger charge is 2.46. The van der Waals surface area contributed by atoms with Crippen LogP contribution in [0.3, 0.4) is 0 Å². The predicted molar refractivity (Wildman–Crippen MR) is 130 cm³/mol. The van der Waals surface area contributed by atoms with Gasteiger partial charge in [0.25, 0.3) is 5.56 Å². The van der Waals surface area contributed by atoms with Crippen molar-refractivity contribution in [1.82, 2.24) is 14.4 Å². The summed E-state index contributed by atoms with van der Waals surface area (Å²) in [4.78, 5) is 25.6. The van der Waals surface area contributed by atoms with Crippen molar-refractivity contribution in [3.8, 4) is 17.0 Å². The standard InChI is InChI=1S/C21H24N5O6PS/c1-29-11-5-3-10(4-6-11)13-8-26-19(28)16(25-20(22)34-2)12(23-21(26)24-13)7-14-17(27)18-15(31-14)9-30-33-32-18/h3-6,8,14-15,17-18,27,33H,7,9H2,1-2H3,(H2,22,25)(H,23,24). The highest BCUT2D eigenvalue weighted by Crippen LogP contribution is 2.36. The monoisotopic (exact) mass is 505 g/mol. The van der Waals surface area contributed by atoms with E-state index in [1.807, 2.05) is 24.3 Å². The Balaban J connectivity index is 1.55. The number of aliphatic hydroxyl groups excluding tert-OH is 1. The Kier molecular flexibility index (Phi) is 6.61. The maximum Gasteiger partial charge on any atom is 0.285 e. The van der Waals surface area contributed by atoms with Gasteiger partial charge in [0, 0.05) is 18.2 Å². The lowest BCUT2D eigenvalue weighted by atomic mass is 10.0. The van der Waals surface area contributed by atoms with Crippen LogP contribution < -0.4 is 16.0 Å². The largest absolute Gasteiger partial charge is 0.497 e. The lowest BCUT2D eigenvalue weighted by Crippen LogP contribution is -2.37. The van der Waals surface area contributed by atoms with E-state index in [1.54, 1.807) is 19.6 Å². The van der Waals surface area contributed by atoms with Gasteiger partial charge in [0.1, 0.15) is 24.1 Å². The Labute approximate surface area is 200 Å². The summed E-state index contributed by atoms with van der Waals surface area (Å²) in [5.41, 5.74) is 7.61. The first-order valence-corrected chi connectivity index (χ1v) is 12.6. The van der Waals surface area contributed by atoms with Crippen LogP contribution in [0.15, 0.2) is 40.2 Å². The van der Waals surface area contributed by atoms with E-state index in [1.165, 1.54) is 16.2 Å². The summed E-state index contributed by atoms with van der Waals surface area (Å²) in [6.07, 6.45) is 1.30. The normalized spacial score (nSPS) is 25.7. The molecule has 34 heavy (non-hydrogen) atoms. The molecule has 180 valence electrons. The van der Waals surface area contributed by atoms with E-state index in [9.17, 15) is 9.90 Å². The molecule has 1 aromatic carbocycles. The molecule has 0 radical (unpaired) electrons. The van der Waals surface area contributed by atoms with Crippen LogP contribution in [-0.4, -0.2) is 69.0 Å². The van der Waals surface area contributed by atoms with Crippen molar-refractivity contribution in [2.45, 2.75) is 30.8 Å². The van der Waals surface area contributed by atoms with Crippen LogP contribution in [0.5, 0.6) is 5.75 Å². The number of nitrogens with one attached hydrogen (secondary N) is 1. The van der Waals surface area contributed by atoms with Crippen LogP contribution in [0.2, 0.25) is 0 Å². The number of ether oxygens (including phenoxy) is 2. The van der Waals surface area contributed by atoms with Crippen LogP contribution in [0, 0.1) is 0 Å². The quantitative estimate of drug-likeness (QED) is 0.267. The topological polar surface area (TPSA) is 146 Å². The number of benzene rings is 1. The second kappa shape index (κ2) is 9.65. The van der Waals surface area contributed by atoms with Gasteiger partial charge in [-0.3, -0.25) is 4.79 Å². The van der Waals surface area contributed by atoms with Gasteiger partial charge in [-0.25, -0.2) is 14.4 Å². The van der Waals surface area contributed by atoms with Gasteiger partial charge in [0.15, 0.2) is 19.9 Å². The minimum atomic E-state index is -0.870. The third kappa shape index (κ3) is 4.33. The summed E-state index contributed by atoms with van der Waals surface area (Å²) in [6.45, 7) is 0.349. The molecule has 0 spiro atoms. The van der Waals surface area contributed by atoms with Gasteiger partial charge in [-0.1, -0.05) is 11.8 Å². The smallest absolute Gasteiger partial charge is 0.285 e. The fourth-order valence-electron chi connectivity index (χ4n) is 4.05. The molecule has 5 unspecified atom stereocenters. The molecule has 3 aromatic rings. The number of hydrogen-bond donors (Lipinski definition) is 3. The summed E-state index contributed by atoms with van der Waals surface area (Å²) in [5.74, 6) is 1.07. The van der Waals surface area contributed by atoms with Crippen LogP contribution >= 0.6 is 20.8 Å². The number of H-pyrrole nitrogens is 1. The summed E-state index contributed by atoms with van der Waals surface area (Å²) in [7, 11) is 1.46. The molecule has 4 heterocycles. The summed E-state index contributed by atoms with van der Waals surface area (Å²) < 4.78 is 23.4. The van der Waals surface area contributed by atoms with Crippen molar-refractivity contribution in [3.05, 3.63) is 46.5 Å². The van der Waals surface area contributed by atoms with E-state index in [0.717, 1.165) is 11.3 Å². The maximum atomic E-state index is 13.4. The fourth-order valence-corrected chi connectivity index (χ4v) is 4.93. The molecule has 5 atom stereocenters. The van der Waals surface area contributed by atoms with E-state index in [2.05, 4.69) is 15.0 Å². The van der Waals surface area contributed by atoms with Crippen molar-refractivity contribution >= 4 is 37.4 Å². The number of nitrogens with zero attached hydrogens (tertiary/aromatic N) is 3. The van der Waals surface area contributed by atoms with Crippen molar-refractivity contribution in [3.63, 3.8) is 0 Å². The van der Waals surface area contributed by atoms with Gasteiger partial charge in [0.05, 0.1) is 31.2 Å². The molecule has 2 aliphatic rings. The summed E-state index contributed by atoms with van der Waals surface area (Å²) >= 11 is 1.23. The number of imidazole rings is 1. The highest BCUT2D eigenvalue weighted by atomic mass is 32.2. The number of aromatic amines is 1. The Morgan fingerprint density at radius 1 is 1.44 bits per heavy atom. The van der Waals surface area contributed by atoms with Crippen molar-refractivity contribution in [1.29, 1.82) is 0 Å². The lowest BCUT2D eigenvalue weighted by molar-refractivity contribution is -0.0270. The number of rotatable bonds is 5. The molecule has 0 saturated carbocycles. The molecule has 0 bridgehead atoms. The molecule has 0 amide bonds. The molecular formula is C21H24N5O6PS. The molecule has 5 rings (SSSR count). The zero-order valence-corrected chi connectivity index (χ0v) is 20.2. The number of amidine groups is 1. The van der Waals surface area contributed by atoms with E-state index in [-0.39, 0.29) is 38.0 Å². The first-order valence-electron chi connectivity index (χ1n) is 10.5. The van der Waals surface area contributed by atoms with Crippen molar-refractivity contribution in [2.75, 3.05) is 20.0 Å². The minimum absolute atomic E-state index is 0.135. The average molecular weight is 505 g/mol. The lowest BCUT2D eigenvalue weighted by Gasteiger charge is -2.24. The maximum absolute atomic E-state index is 13.4. The second-order valence-electron chi connectivity index (χ2n) is 7.84. The number of fused-ring (bicyclic) bond motifs is 2. The van der Waals surface area contributed by atoms with E-state index in [4.69, 9.17) is 24.3 Å². The van der Waals surface area contributed by atoms with E-state index in [0.29, 0.717) is 23.8 Å². The van der Waals surface area contributed by atoms with Gasteiger partial charge >= 0.3 is 0 Å². The molecule has 2 aromatic heterocycles. The first-order chi connectivity index (χ1) is 16.5. The Morgan fingerprint density at radius 3 is 2.94 bits per heavy atom. The molecule has 2 fully saturated rings. The molecule has 4 N–H and O–H groups in total. The number of aliphatic hydroxyl groups is 1. The zero-order chi connectivity index (χ0) is 23.8. The van der Waals surface area contributed by atoms with Gasteiger partial charge in [-0.2, -0.15) is 0 Å². The molecule has 13 heteroatoms. The van der Waals surface area contributed by atoms with Crippen molar-refractivity contribution < 1.29 is 23.6 Å². The number of aliphatic imine (C=N–C) groups is 1. The third-order valence-corrected chi connectivity index (χ3v) is 6.98. The predicted octanol–water partition coefficient (Wildman–Crippen LogP) is 1.60. The number of nitrogens with two attached hydrogens (primary N) is 1. The summed E-state index contributed by atoms with van der Waals surface area (Å²) in [6, 6.07) is 7.38. The molecule has 0 aliphatic carbocycles. The van der Waals surface area contributed by atoms with Crippen LogP contribution in [0.25, 0.3) is 17.0 Å². The Hall–Kier alpha value is -2.47. The number of methoxy groups -OCH3 is 1. The minimum Gasteiger partial charge on any atom is -0.497 e. The number of aromatic nitrogens is 3. The molecular weight excluding hydrogens is 481 g/mol. The van der Waals surface area contributed by atoms with Gasteiger partial charge in [-0.05, 0) is 30.5 Å². The van der Waals surface area contributed by atoms with E-state index >= 15 is 0 Å². The zero-order valence-electron chi connectivity index (χ0n) is 18.4. The van der Waals surface area contributed by atoms with Gasteiger partial charge in [0.2, 0.25) is 5.78 Å². The van der Waals surface area contributed by atoms with Gasteiger partial charge < -0.3 is 34.3 Å². The van der Waals surface area contributed by atoms with Crippen molar-refractivity contribution in [2.24, 2.45) is 10.7 Å². The third-order valence-electron chi connectivity index (χ3n) is 5.82. The highest BCUT2D eigenvalue weighted by molar-refractivity contribution is 8.13. The fraction of sp³-hybridized carbons (Fsp3) is 0.381. The Morgan fingerprint density at radius 2 is 2.24 bits per heavy atom. The summed E-state index contributed by atoms with van der Waals surface area (Å²) in [5, 5.41) is 11.0. The molecule has 2 aliphatic heterocycles. The number of hydrogen-bond acceptors (Lipinski definition) is 9.